The molecule has 45 heavy (non-hydrogen) atoms. The minimum atomic E-state index is -4.93. The van der Waals surface area contributed by atoms with Crippen molar-refractivity contribution in [2.75, 3.05) is 6.26 Å². The van der Waals surface area contributed by atoms with Crippen molar-refractivity contribution in [1.82, 2.24) is 14.8 Å². The van der Waals surface area contributed by atoms with Gasteiger partial charge in [-0.15, -0.1) is 13.2 Å². The summed E-state index contributed by atoms with van der Waals surface area (Å²) < 4.78 is 129. The van der Waals surface area contributed by atoms with Crippen LogP contribution in [0, 0.1) is 12.7 Å². The number of aryl methyl sites for hydroxylation is 1. The van der Waals surface area contributed by atoms with Crippen molar-refractivity contribution in [2.24, 2.45) is 0 Å². The summed E-state index contributed by atoms with van der Waals surface area (Å²) in [6, 6.07) is 11.6. The highest BCUT2D eigenvalue weighted by Gasteiger charge is 2.34. The Morgan fingerprint density at radius 1 is 0.933 bits per heavy atom. The summed E-state index contributed by atoms with van der Waals surface area (Å²) in [4.78, 5) is 3.85. The standard InChI is InChI=1S/C29H20F7N3O5S/c1-15-37-26(16-3-6-19(7-4-16)44-29(34,35)36)27(43-15)20-11-17(5-8-23(20)39-10-9-25(38-39)28(31,32)33)18-12-22(30)21(14-40)24(13-18)45(2,41)42/h3-13,40H,14H2,1-2H3. The van der Waals surface area contributed by atoms with Crippen LogP contribution in [0.1, 0.15) is 17.1 Å². The van der Waals surface area contributed by atoms with E-state index in [4.69, 9.17) is 4.42 Å². The first-order valence-electron chi connectivity index (χ1n) is 12.7. The van der Waals surface area contributed by atoms with Gasteiger partial charge in [0.2, 0.25) is 0 Å². The molecule has 0 aliphatic heterocycles. The summed E-state index contributed by atoms with van der Waals surface area (Å²) in [5.74, 6) is -1.47. The molecule has 0 bridgehead atoms. The number of nitrogens with zero attached hydrogens (tertiary/aromatic N) is 3. The van der Waals surface area contributed by atoms with Crippen molar-refractivity contribution >= 4 is 9.84 Å². The lowest BCUT2D eigenvalue weighted by Gasteiger charge is -2.14. The zero-order valence-corrected chi connectivity index (χ0v) is 23.9. The van der Waals surface area contributed by atoms with Crippen LogP contribution >= 0.6 is 0 Å². The maximum absolute atomic E-state index is 15.0. The Hall–Kier alpha value is -4.70. The number of sulfone groups is 1. The molecule has 0 saturated heterocycles. The largest absolute Gasteiger partial charge is 0.573 e. The van der Waals surface area contributed by atoms with Gasteiger partial charge < -0.3 is 14.3 Å². The normalized spacial score (nSPS) is 12.5. The molecule has 236 valence electrons. The first-order chi connectivity index (χ1) is 20.9. The monoisotopic (exact) mass is 655 g/mol. The smallest absolute Gasteiger partial charge is 0.440 e. The van der Waals surface area contributed by atoms with Crippen LogP contribution < -0.4 is 4.74 Å². The van der Waals surface area contributed by atoms with Gasteiger partial charge in [-0.1, -0.05) is 6.07 Å². The Morgan fingerprint density at radius 2 is 1.60 bits per heavy atom. The minimum absolute atomic E-state index is 0.0336. The summed E-state index contributed by atoms with van der Waals surface area (Å²) in [5, 5.41) is 13.2. The van der Waals surface area contributed by atoms with Crippen molar-refractivity contribution in [3.63, 3.8) is 0 Å². The molecule has 0 saturated carbocycles. The Labute approximate surface area is 250 Å². The van der Waals surface area contributed by atoms with Gasteiger partial charge in [-0.2, -0.15) is 18.3 Å². The molecule has 1 N–H and O–H groups in total. The zero-order valence-electron chi connectivity index (χ0n) is 23.0. The van der Waals surface area contributed by atoms with E-state index in [1.54, 1.807) is 0 Å². The molecule has 0 amide bonds. The van der Waals surface area contributed by atoms with E-state index in [0.29, 0.717) is 0 Å². The molecule has 0 spiro atoms. The minimum Gasteiger partial charge on any atom is -0.440 e. The highest BCUT2D eigenvalue weighted by molar-refractivity contribution is 7.90. The van der Waals surface area contributed by atoms with Gasteiger partial charge in [0, 0.05) is 36.1 Å². The van der Waals surface area contributed by atoms with Crippen LogP contribution in [0.3, 0.4) is 0 Å². The first kappa shape index (κ1) is 31.7. The lowest BCUT2D eigenvalue weighted by atomic mass is 9.97. The van der Waals surface area contributed by atoms with Crippen molar-refractivity contribution in [1.29, 1.82) is 0 Å². The molecular weight excluding hydrogens is 635 g/mol. The van der Waals surface area contributed by atoms with Crippen molar-refractivity contribution in [2.45, 2.75) is 31.0 Å². The van der Waals surface area contributed by atoms with Crippen molar-refractivity contribution < 1.29 is 53.4 Å². The number of oxazole rings is 1. The average Bonchev–Trinajstić information content (AvgIpc) is 3.59. The summed E-state index contributed by atoms with van der Waals surface area (Å²) in [6.07, 6.45) is -7.82. The van der Waals surface area contributed by atoms with Gasteiger partial charge in [0.25, 0.3) is 0 Å². The third-order valence-corrected chi connectivity index (χ3v) is 7.67. The molecule has 16 heteroatoms. The first-order valence-corrected chi connectivity index (χ1v) is 14.6. The molecule has 5 aromatic rings. The second kappa shape index (κ2) is 11.3. The molecule has 5 rings (SSSR count). The predicted molar refractivity (Wildman–Crippen MR) is 145 cm³/mol. The van der Waals surface area contributed by atoms with Gasteiger partial charge in [-0.3, -0.25) is 0 Å². The van der Waals surface area contributed by atoms with Crippen LogP contribution in [-0.2, 0) is 22.6 Å². The van der Waals surface area contributed by atoms with Gasteiger partial charge in [-0.05, 0) is 65.7 Å². The maximum atomic E-state index is 15.0. The molecule has 2 heterocycles. The Morgan fingerprint density at radius 3 is 2.18 bits per heavy atom. The number of hydrogen-bond donors (Lipinski definition) is 1. The van der Waals surface area contributed by atoms with E-state index in [-0.39, 0.29) is 45.3 Å². The second-order valence-corrected chi connectivity index (χ2v) is 11.7. The van der Waals surface area contributed by atoms with Crippen LogP contribution in [0.5, 0.6) is 5.75 Å². The number of aliphatic hydroxyl groups excluding tert-OH is 1. The molecule has 8 nitrogen and oxygen atoms in total. The number of rotatable bonds is 7. The fourth-order valence-corrected chi connectivity index (χ4v) is 5.54. The van der Waals surface area contributed by atoms with Gasteiger partial charge >= 0.3 is 12.5 Å². The quantitative estimate of drug-likeness (QED) is 0.186. The number of ether oxygens (including phenoxy) is 1. The molecule has 0 radical (unpaired) electrons. The Bertz CT molecular complexity index is 2000. The maximum Gasteiger partial charge on any atom is 0.573 e. The number of aliphatic hydroxyl groups is 1. The molecule has 0 unspecified atom stereocenters. The van der Waals surface area contributed by atoms with Crippen LogP contribution in [-0.4, -0.2) is 40.9 Å². The predicted octanol–water partition coefficient (Wildman–Crippen LogP) is 7.12. The SMILES string of the molecule is Cc1nc(-c2ccc(OC(F)(F)F)cc2)c(-c2cc(-c3cc(F)c(CO)c(S(C)(=O)=O)c3)ccc2-n2ccc(C(F)(F)F)n2)o1. The number of benzene rings is 3. The number of alkyl halides is 6. The van der Waals surface area contributed by atoms with E-state index in [1.807, 2.05) is 0 Å². The number of hydrogen-bond acceptors (Lipinski definition) is 7. The van der Waals surface area contributed by atoms with Crippen molar-refractivity contribution in [3.8, 4) is 45.1 Å². The highest BCUT2D eigenvalue weighted by atomic mass is 32.2. The highest BCUT2D eigenvalue weighted by Crippen LogP contribution is 2.40. The van der Waals surface area contributed by atoms with E-state index in [9.17, 15) is 44.3 Å². The van der Waals surface area contributed by atoms with Gasteiger partial charge in [0.05, 0.1) is 17.2 Å². The van der Waals surface area contributed by atoms with Gasteiger partial charge in [-0.25, -0.2) is 22.5 Å². The van der Waals surface area contributed by atoms with Crippen LogP contribution in [0.4, 0.5) is 30.7 Å². The van der Waals surface area contributed by atoms with E-state index < -0.39 is 56.7 Å². The van der Waals surface area contributed by atoms with Crippen molar-refractivity contribution in [3.05, 3.63) is 89.8 Å². The third-order valence-electron chi connectivity index (χ3n) is 6.51. The average molecular weight is 656 g/mol. The van der Waals surface area contributed by atoms with E-state index in [2.05, 4.69) is 14.8 Å². The fraction of sp³-hybridized carbons (Fsp3) is 0.172. The number of halogens is 7. The number of aromatic nitrogens is 3. The molecular formula is C29H20F7N3O5S. The van der Waals surface area contributed by atoms with Crippen LogP contribution in [0.25, 0.3) is 39.4 Å². The molecule has 3 aromatic carbocycles. The summed E-state index contributed by atoms with van der Waals surface area (Å²) in [7, 11) is -4.01. The fourth-order valence-electron chi connectivity index (χ4n) is 4.59. The molecule has 0 aliphatic rings. The van der Waals surface area contributed by atoms with Crippen LogP contribution in [0.15, 0.2) is 76.2 Å². The van der Waals surface area contributed by atoms with Gasteiger partial charge in [0.15, 0.2) is 27.2 Å². The third kappa shape index (κ3) is 6.71. The van der Waals surface area contributed by atoms with Gasteiger partial charge in [0.1, 0.15) is 17.3 Å². The summed E-state index contributed by atoms with van der Waals surface area (Å²) in [6.45, 7) is 0.571. The molecule has 2 aromatic heterocycles. The molecule has 0 aliphatic carbocycles. The van der Waals surface area contributed by atoms with Crippen LogP contribution in [0.2, 0.25) is 0 Å². The van der Waals surface area contributed by atoms with E-state index in [0.717, 1.165) is 47.5 Å². The summed E-state index contributed by atoms with van der Waals surface area (Å²) >= 11 is 0. The topological polar surface area (TPSA) is 107 Å². The second-order valence-electron chi connectivity index (χ2n) is 9.72. The lowest BCUT2D eigenvalue weighted by molar-refractivity contribution is -0.274. The molecule has 0 fully saturated rings. The Kier molecular flexibility index (Phi) is 7.99. The van der Waals surface area contributed by atoms with E-state index in [1.165, 1.54) is 37.3 Å². The zero-order chi connectivity index (χ0) is 32.9. The lowest BCUT2D eigenvalue weighted by Crippen LogP contribution is -2.16. The summed E-state index contributed by atoms with van der Waals surface area (Å²) in [5.41, 5.74) is -0.956. The Balaban J connectivity index is 1.73. The molecule has 0 atom stereocenters. The van der Waals surface area contributed by atoms with E-state index >= 15 is 0 Å².